The van der Waals surface area contributed by atoms with E-state index in [1.165, 1.54) is 19.3 Å². The summed E-state index contributed by atoms with van der Waals surface area (Å²) in [6.45, 7) is 3.15. The molecule has 3 nitrogen and oxygen atoms in total. The van der Waals surface area contributed by atoms with E-state index in [4.69, 9.17) is 0 Å². The van der Waals surface area contributed by atoms with Crippen LogP contribution in [0.2, 0.25) is 0 Å². The fourth-order valence-electron chi connectivity index (χ4n) is 2.16. The summed E-state index contributed by atoms with van der Waals surface area (Å²) < 4.78 is 0. The van der Waals surface area contributed by atoms with E-state index >= 15 is 0 Å². The molecule has 2 heterocycles. The maximum atomic E-state index is 4.35. The minimum absolute atomic E-state index is 0.652. The van der Waals surface area contributed by atoms with Gasteiger partial charge in [-0.2, -0.15) is 0 Å². The van der Waals surface area contributed by atoms with Gasteiger partial charge in [0.15, 0.2) is 0 Å². The second kappa shape index (κ2) is 4.92. The maximum absolute atomic E-state index is 4.35. The van der Waals surface area contributed by atoms with Gasteiger partial charge in [0.1, 0.15) is 12.1 Å². The van der Waals surface area contributed by atoms with Crippen LogP contribution in [0, 0.1) is 6.92 Å². The number of nitrogens with zero attached hydrogens (tertiary/aromatic N) is 3. The molecule has 1 aromatic heterocycles. The van der Waals surface area contributed by atoms with Crippen molar-refractivity contribution in [1.82, 2.24) is 9.97 Å². The first kappa shape index (κ1) is 10.9. The summed E-state index contributed by atoms with van der Waals surface area (Å²) >= 11 is 3.51. The summed E-state index contributed by atoms with van der Waals surface area (Å²) in [5, 5.41) is 1.07. The number of rotatable bonds is 3. The Bertz CT molecular complexity index is 329. The molecule has 0 aromatic carbocycles. The molecule has 0 N–H and O–H groups in total. The predicted molar refractivity (Wildman–Crippen MR) is 65.5 cm³/mol. The van der Waals surface area contributed by atoms with Crippen LogP contribution in [-0.4, -0.2) is 27.9 Å². The fraction of sp³-hybridized carbons (Fsp3) is 0.636. The van der Waals surface area contributed by atoms with Gasteiger partial charge < -0.3 is 4.90 Å². The third-order valence-corrected chi connectivity index (χ3v) is 3.36. The fourth-order valence-corrected chi connectivity index (χ4v) is 2.69. The van der Waals surface area contributed by atoms with Crippen molar-refractivity contribution in [3.8, 4) is 0 Å². The molecule has 1 aromatic rings. The second-order valence-electron chi connectivity index (χ2n) is 3.98. The van der Waals surface area contributed by atoms with Crippen LogP contribution >= 0.6 is 15.9 Å². The van der Waals surface area contributed by atoms with E-state index in [-0.39, 0.29) is 0 Å². The van der Waals surface area contributed by atoms with Crippen molar-refractivity contribution in [3.05, 3.63) is 18.1 Å². The molecular formula is C11H16BrN3. The van der Waals surface area contributed by atoms with E-state index in [1.807, 2.05) is 6.92 Å². The van der Waals surface area contributed by atoms with E-state index in [0.717, 1.165) is 23.4 Å². The molecule has 0 aliphatic carbocycles. The number of hydrogen-bond acceptors (Lipinski definition) is 3. The Balaban J connectivity index is 2.15. The molecule has 82 valence electrons. The summed E-state index contributed by atoms with van der Waals surface area (Å²) in [7, 11) is 0. The first-order chi connectivity index (χ1) is 7.31. The van der Waals surface area contributed by atoms with Gasteiger partial charge in [0.25, 0.3) is 0 Å². The Hall–Kier alpha value is -0.640. The van der Waals surface area contributed by atoms with Gasteiger partial charge in [-0.05, 0) is 26.2 Å². The molecule has 1 atom stereocenters. The van der Waals surface area contributed by atoms with Gasteiger partial charge in [-0.25, -0.2) is 9.97 Å². The summed E-state index contributed by atoms with van der Waals surface area (Å²) in [4.78, 5) is 10.9. The number of halogens is 1. The first-order valence-electron chi connectivity index (χ1n) is 5.42. The van der Waals surface area contributed by atoms with Crippen LogP contribution in [0.3, 0.4) is 0 Å². The topological polar surface area (TPSA) is 29.0 Å². The second-order valence-corrected chi connectivity index (χ2v) is 4.78. The number of alkyl halides is 1. The van der Waals surface area contributed by atoms with Gasteiger partial charge >= 0.3 is 0 Å². The zero-order valence-corrected chi connectivity index (χ0v) is 10.6. The lowest BCUT2D eigenvalue weighted by Gasteiger charge is -2.25. The smallest absolute Gasteiger partial charge is 0.132 e. The molecule has 2 rings (SSSR count). The lowest BCUT2D eigenvalue weighted by Crippen LogP contribution is -2.30. The summed E-state index contributed by atoms with van der Waals surface area (Å²) in [6, 6.07) is 2.73. The van der Waals surface area contributed by atoms with Crippen LogP contribution in [0.5, 0.6) is 0 Å². The molecule has 1 aliphatic heterocycles. The van der Waals surface area contributed by atoms with Crippen LogP contribution in [0.15, 0.2) is 12.4 Å². The Labute approximate surface area is 99.0 Å². The van der Waals surface area contributed by atoms with Crippen LogP contribution in [0.4, 0.5) is 5.82 Å². The number of hydrogen-bond donors (Lipinski definition) is 0. The Morgan fingerprint density at radius 2 is 2.40 bits per heavy atom. The normalized spacial score (nSPS) is 20.9. The molecule has 1 fully saturated rings. The van der Waals surface area contributed by atoms with Crippen molar-refractivity contribution in [2.24, 2.45) is 0 Å². The van der Waals surface area contributed by atoms with Gasteiger partial charge in [0.2, 0.25) is 0 Å². The number of anilines is 1. The standard InChI is InChI=1S/C11H16BrN3/c1-9-7-11(14-8-13-9)15-6-2-3-10(15)4-5-12/h7-8,10H,2-6H2,1H3. The molecule has 0 saturated carbocycles. The molecule has 4 heteroatoms. The highest BCUT2D eigenvalue weighted by molar-refractivity contribution is 9.09. The quantitative estimate of drug-likeness (QED) is 0.790. The molecule has 1 unspecified atom stereocenters. The average Bonchev–Trinajstić information content (AvgIpc) is 2.66. The SMILES string of the molecule is Cc1cc(N2CCCC2CCBr)ncn1. The van der Waals surface area contributed by atoms with Crippen LogP contribution in [-0.2, 0) is 0 Å². The Morgan fingerprint density at radius 1 is 1.53 bits per heavy atom. The van der Waals surface area contributed by atoms with Crippen molar-refractivity contribution in [2.45, 2.75) is 32.2 Å². The van der Waals surface area contributed by atoms with E-state index in [1.54, 1.807) is 6.33 Å². The molecule has 0 bridgehead atoms. The number of aryl methyl sites for hydroxylation is 1. The number of aromatic nitrogens is 2. The summed E-state index contributed by atoms with van der Waals surface area (Å²) in [6.07, 6.45) is 5.42. The highest BCUT2D eigenvalue weighted by Crippen LogP contribution is 2.26. The minimum Gasteiger partial charge on any atom is -0.353 e. The van der Waals surface area contributed by atoms with Crippen molar-refractivity contribution >= 4 is 21.7 Å². The van der Waals surface area contributed by atoms with Crippen LogP contribution in [0.1, 0.15) is 25.0 Å². The van der Waals surface area contributed by atoms with E-state index < -0.39 is 0 Å². The predicted octanol–water partition coefficient (Wildman–Crippen LogP) is 2.54. The van der Waals surface area contributed by atoms with Gasteiger partial charge in [0.05, 0.1) is 0 Å². The lowest BCUT2D eigenvalue weighted by atomic mass is 10.2. The molecule has 1 saturated heterocycles. The monoisotopic (exact) mass is 269 g/mol. The summed E-state index contributed by atoms with van der Waals surface area (Å²) in [5.41, 5.74) is 1.05. The summed E-state index contributed by atoms with van der Waals surface area (Å²) in [5.74, 6) is 1.09. The average molecular weight is 270 g/mol. The van der Waals surface area contributed by atoms with Gasteiger partial charge in [0, 0.05) is 29.7 Å². The van der Waals surface area contributed by atoms with Crippen molar-refractivity contribution in [1.29, 1.82) is 0 Å². The van der Waals surface area contributed by atoms with E-state index in [9.17, 15) is 0 Å². The third-order valence-electron chi connectivity index (χ3n) is 2.90. The van der Waals surface area contributed by atoms with E-state index in [2.05, 4.69) is 36.9 Å². The molecule has 15 heavy (non-hydrogen) atoms. The largest absolute Gasteiger partial charge is 0.353 e. The van der Waals surface area contributed by atoms with Crippen molar-refractivity contribution in [2.75, 3.05) is 16.8 Å². The zero-order chi connectivity index (χ0) is 10.7. The van der Waals surface area contributed by atoms with Gasteiger partial charge in [-0.15, -0.1) is 0 Å². The van der Waals surface area contributed by atoms with Gasteiger partial charge in [-0.1, -0.05) is 15.9 Å². The first-order valence-corrected chi connectivity index (χ1v) is 6.54. The molecule has 0 spiro atoms. The lowest BCUT2D eigenvalue weighted by molar-refractivity contribution is 0.646. The van der Waals surface area contributed by atoms with Crippen LogP contribution < -0.4 is 4.90 Å². The third kappa shape index (κ3) is 2.48. The maximum Gasteiger partial charge on any atom is 0.132 e. The molecule has 0 radical (unpaired) electrons. The highest BCUT2D eigenvalue weighted by Gasteiger charge is 2.24. The molecular weight excluding hydrogens is 254 g/mol. The highest BCUT2D eigenvalue weighted by atomic mass is 79.9. The van der Waals surface area contributed by atoms with Crippen LogP contribution in [0.25, 0.3) is 0 Å². The Morgan fingerprint density at radius 3 is 3.13 bits per heavy atom. The molecule has 1 aliphatic rings. The van der Waals surface area contributed by atoms with E-state index in [0.29, 0.717) is 6.04 Å². The zero-order valence-electron chi connectivity index (χ0n) is 8.99. The molecule has 0 amide bonds. The van der Waals surface area contributed by atoms with Crippen molar-refractivity contribution in [3.63, 3.8) is 0 Å². The van der Waals surface area contributed by atoms with Gasteiger partial charge in [-0.3, -0.25) is 0 Å². The minimum atomic E-state index is 0.652. The Kier molecular flexibility index (Phi) is 3.57. The van der Waals surface area contributed by atoms with Crippen molar-refractivity contribution < 1.29 is 0 Å².